The summed E-state index contributed by atoms with van der Waals surface area (Å²) in [6.07, 6.45) is 0. The van der Waals surface area contributed by atoms with Gasteiger partial charge in [-0.15, -0.1) is 10.2 Å². The lowest BCUT2D eigenvalue weighted by Crippen LogP contribution is -2.15. The predicted octanol–water partition coefficient (Wildman–Crippen LogP) is 7.40. The van der Waals surface area contributed by atoms with Gasteiger partial charge in [-0.05, 0) is 66.4 Å². The lowest BCUT2D eigenvalue weighted by atomic mass is 10.0. The first kappa shape index (κ1) is 24.3. The van der Waals surface area contributed by atoms with E-state index in [1.54, 1.807) is 12.1 Å². The first-order chi connectivity index (χ1) is 16.3. The van der Waals surface area contributed by atoms with Crippen molar-refractivity contribution in [2.45, 2.75) is 31.8 Å². The first-order valence-corrected chi connectivity index (χ1v) is 12.6. The van der Waals surface area contributed by atoms with E-state index in [1.165, 1.54) is 17.3 Å². The fourth-order valence-electron chi connectivity index (χ4n) is 3.59. The second kappa shape index (κ2) is 10.6. The number of anilines is 1. The summed E-state index contributed by atoms with van der Waals surface area (Å²) in [6, 6.07) is 21.1. The molecule has 0 radical (unpaired) electrons. The van der Waals surface area contributed by atoms with Crippen molar-refractivity contribution < 1.29 is 4.79 Å². The summed E-state index contributed by atoms with van der Waals surface area (Å²) in [6.45, 7) is 6.23. The standard InChI is InChI=1S/C26H24Cl2N4OS/c1-16(2)21-6-4-5-7-23(21)32-25(18-9-12-19(27)13-10-18)30-31-26(32)34-15-24(33)29-22-14-20(28)11-8-17(22)3/h4-14,16H,15H2,1-3H3,(H,29,33). The average Bonchev–Trinajstić information content (AvgIpc) is 3.24. The molecule has 174 valence electrons. The minimum Gasteiger partial charge on any atom is -0.325 e. The van der Waals surface area contributed by atoms with Crippen LogP contribution in [-0.4, -0.2) is 26.4 Å². The van der Waals surface area contributed by atoms with E-state index in [0.29, 0.717) is 32.6 Å². The Morgan fingerprint density at radius 2 is 1.71 bits per heavy atom. The van der Waals surface area contributed by atoms with Gasteiger partial charge in [0.2, 0.25) is 5.91 Å². The molecule has 0 saturated heterocycles. The third-order valence-corrected chi connectivity index (χ3v) is 6.76. The molecule has 0 unspecified atom stereocenters. The van der Waals surface area contributed by atoms with Gasteiger partial charge in [-0.25, -0.2) is 0 Å². The maximum atomic E-state index is 12.7. The van der Waals surface area contributed by atoms with Gasteiger partial charge in [0.25, 0.3) is 0 Å². The van der Waals surface area contributed by atoms with E-state index < -0.39 is 0 Å². The summed E-state index contributed by atoms with van der Waals surface area (Å²) < 4.78 is 2.02. The summed E-state index contributed by atoms with van der Waals surface area (Å²) in [5, 5.41) is 13.7. The van der Waals surface area contributed by atoms with Crippen molar-refractivity contribution in [2.75, 3.05) is 11.1 Å². The molecule has 1 heterocycles. The molecule has 0 aliphatic heterocycles. The van der Waals surface area contributed by atoms with Gasteiger partial charge in [-0.3, -0.25) is 9.36 Å². The average molecular weight is 511 g/mol. The van der Waals surface area contributed by atoms with Crippen molar-refractivity contribution in [3.63, 3.8) is 0 Å². The topological polar surface area (TPSA) is 59.8 Å². The lowest BCUT2D eigenvalue weighted by molar-refractivity contribution is -0.113. The van der Waals surface area contributed by atoms with Crippen LogP contribution in [0.2, 0.25) is 10.0 Å². The van der Waals surface area contributed by atoms with Crippen molar-refractivity contribution >= 4 is 46.6 Å². The molecule has 0 bridgehead atoms. The molecule has 1 N–H and O–H groups in total. The van der Waals surface area contributed by atoms with Crippen LogP contribution in [0.1, 0.15) is 30.9 Å². The van der Waals surface area contributed by atoms with Gasteiger partial charge in [-0.2, -0.15) is 0 Å². The molecule has 5 nitrogen and oxygen atoms in total. The summed E-state index contributed by atoms with van der Waals surface area (Å²) in [5.41, 5.74) is 4.69. The molecule has 0 saturated carbocycles. The van der Waals surface area contributed by atoms with Crippen LogP contribution in [-0.2, 0) is 4.79 Å². The van der Waals surface area contributed by atoms with Crippen molar-refractivity contribution in [1.82, 2.24) is 14.8 Å². The normalized spacial score (nSPS) is 11.1. The molecule has 4 aromatic rings. The highest BCUT2D eigenvalue weighted by atomic mass is 35.5. The molecule has 0 fully saturated rings. The fraction of sp³-hybridized carbons (Fsp3) is 0.192. The third kappa shape index (κ3) is 5.46. The number of hydrogen-bond donors (Lipinski definition) is 1. The molecule has 0 aliphatic rings. The Hall–Kier alpha value is -2.80. The molecule has 1 aromatic heterocycles. The quantitative estimate of drug-likeness (QED) is 0.263. The Balaban J connectivity index is 1.67. The van der Waals surface area contributed by atoms with E-state index >= 15 is 0 Å². The maximum absolute atomic E-state index is 12.7. The number of nitrogens with one attached hydrogen (secondary N) is 1. The first-order valence-electron chi connectivity index (χ1n) is 10.8. The summed E-state index contributed by atoms with van der Waals surface area (Å²) in [7, 11) is 0. The van der Waals surface area contributed by atoms with E-state index in [4.69, 9.17) is 23.2 Å². The number of amides is 1. The fourth-order valence-corrected chi connectivity index (χ4v) is 4.63. The Labute approximate surface area is 213 Å². The minimum atomic E-state index is -0.143. The second-order valence-electron chi connectivity index (χ2n) is 8.16. The molecular formula is C26H24Cl2N4OS. The predicted molar refractivity (Wildman–Crippen MR) is 141 cm³/mol. The van der Waals surface area contributed by atoms with Crippen molar-refractivity contribution in [2.24, 2.45) is 0 Å². The van der Waals surface area contributed by atoms with Gasteiger partial charge in [0.15, 0.2) is 11.0 Å². The Kier molecular flexibility index (Phi) is 7.61. The van der Waals surface area contributed by atoms with Gasteiger partial charge in [0, 0.05) is 21.3 Å². The highest BCUT2D eigenvalue weighted by Crippen LogP contribution is 2.32. The van der Waals surface area contributed by atoms with E-state index in [-0.39, 0.29) is 11.7 Å². The second-order valence-corrected chi connectivity index (χ2v) is 9.97. The van der Waals surface area contributed by atoms with Gasteiger partial charge >= 0.3 is 0 Å². The van der Waals surface area contributed by atoms with Crippen LogP contribution in [0.15, 0.2) is 71.9 Å². The molecule has 8 heteroatoms. The monoisotopic (exact) mass is 510 g/mol. The summed E-state index contributed by atoms with van der Waals surface area (Å²) in [4.78, 5) is 12.7. The van der Waals surface area contributed by atoms with Crippen molar-refractivity contribution in [3.8, 4) is 17.1 Å². The van der Waals surface area contributed by atoms with Crippen LogP contribution in [0, 0.1) is 6.92 Å². The van der Waals surface area contributed by atoms with Crippen LogP contribution in [0.4, 0.5) is 5.69 Å². The third-order valence-electron chi connectivity index (χ3n) is 5.34. The largest absolute Gasteiger partial charge is 0.325 e. The molecular weight excluding hydrogens is 487 g/mol. The van der Waals surface area contributed by atoms with E-state index in [1.807, 2.05) is 54.0 Å². The highest BCUT2D eigenvalue weighted by Gasteiger charge is 2.20. The number of aryl methyl sites for hydroxylation is 1. The number of para-hydroxylation sites is 1. The van der Waals surface area contributed by atoms with E-state index in [2.05, 4.69) is 41.5 Å². The zero-order valence-corrected chi connectivity index (χ0v) is 21.4. The number of hydrogen-bond acceptors (Lipinski definition) is 4. The number of carbonyl (C=O) groups is 1. The van der Waals surface area contributed by atoms with Crippen molar-refractivity contribution in [3.05, 3.63) is 87.9 Å². The van der Waals surface area contributed by atoms with Crippen LogP contribution < -0.4 is 5.32 Å². The zero-order valence-electron chi connectivity index (χ0n) is 19.0. The maximum Gasteiger partial charge on any atom is 0.234 e. The van der Waals surface area contributed by atoms with Crippen LogP contribution >= 0.6 is 35.0 Å². The number of rotatable bonds is 7. The highest BCUT2D eigenvalue weighted by molar-refractivity contribution is 7.99. The zero-order chi connectivity index (χ0) is 24.2. The number of benzene rings is 3. The number of nitrogens with zero attached hydrogens (tertiary/aromatic N) is 3. The molecule has 4 rings (SSSR count). The molecule has 1 amide bonds. The van der Waals surface area contributed by atoms with Crippen molar-refractivity contribution in [1.29, 1.82) is 0 Å². The van der Waals surface area contributed by atoms with Gasteiger partial charge in [0.1, 0.15) is 0 Å². The van der Waals surface area contributed by atoms with Crippen LogP contribution in [0.3, 0.4) is 0 Å². The molecule has 0 atom stereocenters. The molecule has 0 aliphatic carbocycles. The molecule has 0 spiro atoms. The summed E-state index contributed by atoms with van der Waals surface area (Å²) >= 11 is 13.5. The Morgan fingerprint density at radius 1 is 1.00 bits per heavy atom. The smallest absolute Gasteiger partial charge is 0.234 e. The van der Waals surface area contributed by atoms with E-state index in [9.17, 15) is 4.79 Å². The number of thioether (sulfide) groups is 1. The van der Waals surface area contributed by atoms with Crippen LogP contribution in [0.5, 0.6) is 0 Å². The number of aromatic nitrogens is 3. The SMILES string of the molecule is Cc1ccc(Cl)cc1NC(=O)CSc1nnc(-c2ccc(Cl)cc2)n1-c1ccccc1C(C)C. The summed E-state index contributed by atoms with van der Waals surface area (Å²) in [5.74, 6) is 1.02. The number of halogens is 2. The Bertz CT molecular complexity index is 1320. The van der Waals surface area contributed by atoms with Crippen LogP contribution in [0.25, 0.3) is 17.1 Å². The van der Waals surface area contributed by atoms with Gasteiger partial charge in [-0.1, -0.05) is 73.1 Å². The molecule has 3 aromatic carbocycles. The van der Waals surface area contributed by atoms with E-state index in [0.717, 1.165) is 16.8 Å². The number of carbonyl (C=O) groups excluding carboxylic acids is 1. The lowest BCUT2D eigenvalue weighted by Gasteiger charge is -2.17. The molecule has 34 heavy (non-hydrogen) atoms. The van der Waals surface area contributed by atoms with Gasteiger partial charge in [0.05, 0.1) is 11.4 Å². The minimum absolute atomic E-state index is 0.143. The van der Waals surface area contributed by atoms with Gasteiger partial charge < -0.3 is 5.32 Å². The Morgan fingerprint density at radius 3 is 2.44 bits per heavy atom.